The molecule has 4 aliphatic rings. The molecule has 1 amide bonds. The molecule has 0 spiro atoms. The van der Waals surface area contributed by atoms with Crippen LogP contribution in [0, 0.1) is 40.9 Å². The summed E-state index contributed by atoms with van der Waals surface area (Å²) in [5.74, 6) is 2.46. The molecule has 0 aromatic rings. The Balaban J connectivity index is 1.38. The Labute approximate surface area is 230 Å². The van der Waals surface area contributed by atoms with Gasteiger partial charge in [0, 0.05) is 11.8 Å². The number of carbonyl (C=O) groups is 1. The summed E-state index contributed by atoms with van der Waals surface area (Å²) in [6.07, 6.45) is 19.1. The van der Waals surface area contributed by atoms with Crippen molar-refractivity contribution >= 4 is 5.91 Å². The van der Waals surface area contributed by atoms with E-state index in [9.17, 15) is 4.79 Å². The molecule has 1 aliphatic heterocycles. The minimum atomic E-state index is -0.322. The van der Waals surface area contributed by atoms with Crippen LogP contribution < -0.4 is 27.2 Å². The highest BCUT2D eigenvalue weighted by molar-refractivity contribution is 5.80. The van der Waals surface area contributed by atoms with Crippen molar-refractivity contribution in [2.45, 2.75) is 99.1 Å². The van der Waals surface area contributed by atoms with E-state index in [-0.39, 0.29) is 30.3 Å². The van der Waals surface area contributed by atoms with Gasteiger partial charge in [0.1, 0.15) is 0 Å². The SMILES string of the molecule is CC1=CC(OC(CC(C)C)C2C=CC(C(=O)NC3NNNN3)CC2)CC(C)C1C1=CCC(C(C)(C)C)C=C1. The van der Waals surface area contributed by atoms with Crippen LogP contribution in [-0.2, 0) is 9.53 Å². The van der Waals surface area contributed by atoms with Gasteiger partial charge in [-0.25, -0.2) is 10.9 Å². The summed E-state index contributed by atoms with van der Waals surface area (Å²) in [6.45, 7) is 16.2. The smallest absolute Gasteiger partial charge is 0.229 e. The number of amides is 1. The average Bonchev–Trinajstić information content (AvgIpc) is 3.36. The number of rotatable bonds is 8. The summed E-state index contributed by atoms with van der Waals surface area (Å²) >= 11 is 0. The molecule has 0 radical (unpaired) electrons. The van der Waals surface area contributed by atoms with Crippen molar-refractivity contribution in [1.29, 1.82) is 0 Å². The predicted octanol–water partition coefficient (Wildman–Crippen LogP) is 5.04. The molecule has 1 fully saturated rings. The van der Waals surface area contributed by atoms with Crippen LogP contribution in [0.3, 0.4) is 0 Å². The Hall–Kier alpha value is -1.77. The van der Waals surface area contributed by atoms with E-state index in [0.29, 0.717) is 35.0 Å². The number of allylic oxidation sites excluding steroid dienone is 5. The van der Waals surface area contributed by atoms with Crippen LogP contribution in [0.25, 0.3) is 0 Å². The third-order valence-corrected chi connectivity index (χ3v) is 8.76. The lowest BCUT2D eigenvalue weighted by Gasteiger charge is -2.39. The summed E-state index contributed by atoms with van der Waals surface area (Å²) in [7, 11) is 0. The topological polar surface area (TPSA) is 86.5 Å². The molecule has 7 heteroatoms. The van der Waals surface area contributed by atoms with E-state index in [4.69, 9.17) is 4.74 Å². The zero-order valence-electron chi connectivity index (χ0n) is 24.5. The maximum absolute atomic E-state index is 12.7. The summed E-state index contributed by atoms with van der Waals surface area (Å²) < 4.78 is 6.88. The molecule has 212 valence electrons. The van der Waals surface area contributed by atoms with E-state index in [2.05, 4.69) is 112 Å². The number of hydrogen-bond donors (Lipinski definition) is 5. The predicted molar refractivity (Wildman–Crippen MR) is 154 cm³/mol. The second-order valence-electron chi connectivity index (χ2n) is 13.4. The molecule has 7 nitrogen and oxygen atoms in total. The van der Waals surface area contributed by atoms with Crippen LogP contribution in [0.4, 0.5) is 0 Å². The van der Waals surface area contributed by atoms with Crippen LogP contribution in [0.15, 0.2) is 47.6 Å². The number of nitrogens with one attached hydrogen (secondary N) is 5. The molecular weight excluding hydrogens is 474 g/mol. The van der Waals surface area contributed by atoms with Crippen molar-refractivity contribution in [2.24, 2.45) is 40.9 Å². The van der Waals surface area contributed by atoms with Crippen LogP contribution in [-0.4, -0.2) is 24.4 Å². The summed E-state index contributed by atoms with van der Waals surface area (Å²) in [6, 6.07) is 0. The standard InChI is InChI=1S/C31H51N5O2/c1-19(2)16-27(22-8-10-24(11-9-22)29(37)32-30-33-35-36-34-30)38-26-17-20(3)28(21(4)18-26)23-12-14-25(15-13-23)31(5,6)7/h8,10,12-14,17,19,21-22,24-28,30,33-36H,9,11,15-16,18H2,1-7H3,(H,32,37). The molecular formula is C31H51N5O2. The second kappa shape index (κ2) is 12.6. The third-order valence-electron chi connectivity index (χ3n) is 8.76. The minimum absolute atomic E-state index is 0.0297. The van der Waals surface area contributed by atoms with Crippen LogP contribution in [0.5, 0.6) is 0 Å². The van der Waals surface area contributed by atoms with E-state index < -0.39 is 0 Å². The summed E-state index contributed by atoms with van der Waals surface area (Å²) in [5.41, 5.74) is 14.5. The van der Waals surface area contributed by atoms with Gasteiger partial charge in [0.2, 0.25) is 5.91 Å². The van der Waals surface area contributed by atoms with E-state index in [1.54, 1.807) is 0 Å². The van der Waals surface area contributed by atoms with E-state index >= 15 is 0 Å². The summed E-state index contributed by atoms with van der Waals surface area (Å²) in [5, 5.41) is 2.96. The van der Waals surface area contributed by atoms with Gasteiger partial charge in [-0.15, -0.1) is 0 Å². The highest BCUT2D eigenvalue weighted by Crippen LogP contribution is 2.42. The van der Waals surface area contributed by atoms with Gasteiger partial charge in [-0.1, -0.05) is 83.6 Å². The lowest BCUT2D eigenvalue weighted by atomic mass is 9.70. The van der Waals surface area contributed by atoms with Gasteiger partial charge in [0.25, 0.3) is 0 Å². The minimum Gasteiger partial charge on any atom is -0.370 e. The Morgan fingerprint density at radius 1 is 1.13 bits per heavy atom. The first kappa shape index (κ1) is 29.2. The Morgan fingerprint density at radius 3 is 2.42 bits per heavy atom. The number of hydrogen-bond acceptors (Lipinski definition) is 6. The van der Waals surface area contributed by atoms with Gasteiger partial charge < -0.3 is 10.1 Å². The lowest BCUT2D eigenvalue weighted by molar-refractivity contribution is -0.125. The maximum atomic E-state index is 12.7. The molecule has 0 aromatic carbocycles. The molecule has 7 atom stereocenters. The fourth-order valence-electron chi connectivity index (χ4n) is 6.58. The normalized spacial score (nSPS) is 33.3. The molecule has 5 N–H and O–H groups in total. The van der Waals surface area contributed by atoms with Crippen molar-refractivity contribution in [3.05, 3.63) is 47.6 Å². The fourth-order valence-corrected chi connectivity index (χ4v) is 6.58. The Bertz CT molecular complexity index is 940. The van der Waals surface area contributed by atoms with Gasteiger partial charge in [0.05, 0.1) is 18.1 Å². The zero-order valence-corrected chi connectivity index (χ0v) is 24.5. The largest absolute Gasteiger partial charge is 0.370 e. The van der Waals surface area contributed by atoms with Crippen molar-refractivity contribution in [3.63, 3.8) is 0 Å². The van der Waals surface area contributed by atoms with E-state index in [1.165, 1.54) is 11.1 Å². The van der Waals surface area contributed by atoms with Gasteiger partial charge in [-0.3, -0.25) is 4.79 Å². The monoisotopic (exact) mass is 525 g/mol. The first-order valence-electron chi connectivity index (χ1n) is 14.7. The molecule has 1 heterocycles. The molecule has 7 unspecified atom stereocenters. The average molecular weight is 526 g/mol. The lowest BCUT2D eigenvalue weighted by Crippen LogP contribution is -2.51. The van der Waals surface area contributed by atoms with Gasteiger partial charge >= 0.3 is 0 Å². The molecule has 0 aromatic heterocycles. The van der Waals surface area contributed by atoms with Crippen molar-refractivity contribution in [1.82, 2.24) is 27.2 Å². The number of hydrazine groups is 3. The fraction of sp³-hybridized carbons (Fsp3) is 0.710. The number of ether oxygens (including phenoxy) is 1. The Morgan fingerprint density at radius 2 is 1.87 bits per heavy atom. The van der Waals surface area contributed by atoms with Crippen molar-refractivity contribution in [2.75, 3.05) is 0 Å². The van der Waals surface area contributed by atoms with Gasteiger partial charge in [0.15, 0.2) is 6.29 Å². The van der Waals surface area contributed by atoms with E-state index in [1.807, 2.05) is 0 Å². The second-order valence-corrected chi connectivity index (χ2v) is 13.4. The number of carbonyl (C=O) groups excluding carboxylic acids is 1. The highest BCUT2D eigenvalue weighted by atomic mass is 16.5. The molecule has 38 heavy (non-hydrogen) atoms. The molecule has 3 aliphatic carbocycles. The first-order valence-corrected chi connectivity index (χ1v) is 14.7. The van der Waals surface area contributed by atoms with Crippen LogP contribution >= 0.6 is 0 Å². The molecule has 1 saturated heterocycles. The maximum Gasteiger partial charge on any atom is 0.229 e. The first-order chi connectivity index (χ1) is 18.0. The van der Waals surface area contributed by atoms with E-state index in [0.717, 1.165) is 32.1 Å². The van der Waals surface area contributed by atoms with Crippen molar-refractivity contribution < 1.29 is 9.53 Å². The third kappa shape index (κ3) is 7.45. The molecule has 0 bridgehead atoms. The van der Waals surface area contributed by atoms with Crippen LogP contribution in [0.1, 0.15) is 80.6 Å². The molecule has 0 saturated carbocycles. The van der Waals surface area contributed by atoms with Gasteiger partial charge in [-0.05, 0) is 67.8 Å². The Kier molecular flexibility index (Phi) is 9.69. The highest BCUT2D eigenvalue weighted by Gasteiger charge is 2.35. The molecule has 4 rings (SSSR count). The van der Waals surface area contributed by atoms with Crippen LogP contribution in [0.2, 0.25) is 0 Å². The summed E-state index contributed by atoms with van der Waals surface area (Å²) in [4.78, 5) is 12.7. The van der Waals surface area contributed by atoms with Crippen molar-refractivity contribution in [3.8, 4) is 0 Å². The quantitative estimate of drug-likeness (QED) is 0.286. The van der Waals surface area contributed by atoms with Gasteiger partial charge in [-0.2, -0.15) is 11.1 Å². The zero-order chi connectivity index (χ0) is 27.4.